The number of aromatic nitrogens is 3. The van der Waals surface area contributed by atoms with Crippen molar-refractivity contribution in [2.24, 2.45) is 7.05 Å². The lowest BCUT2D eigenvalue weighted by atomic mass is 10.5. The van der Waals surface area contributed by atoms with E-state index in [0.717, 1.165) is 6.54 Å². The van der Waals surface area contributed by atoms with Crippen LogP contribution in [0.15, 0.2) is 23.8 Å². The van der Waals surface area contributed by atoms with Gasteiger partial charge < -0.3 is 5.32 Å². The van der Waals surface area contributed by atoms with Gasteiger partial charge in [-0.15, -0.1) is 16.4 Å². The Labute approximate surface area is 80.2 Å². The number of anilines is 1. The topological polar surface area (TPSA) is 42.7 Å². The average Bonchev–Trinajstić information content (AvgIpc) is 2.71. The molecule has 0 saturated heterocycles. The van der Waals surface area contributed by atoms with Crippen LogP contribution in [0.2, 0.25) is 0 Å². The van der Waals surface area contributed by atoms with Crippen molar-refractivity contribution in [1.29, 1.82) is 0 Å². The fourth-order valence-electron chi connectivity index (χ4n) is 1.000. The maximum Gasteiger partial charge on any atom is 0.242 e. The smallest absolute Gasteiger partial charge is 0.242 e. The highest BCUT2D eigenvalue weighted by atomic mass is 32.1. The molecule has 0 atom stereocenters. The van der Waals surface area contributed by atoms with Crippen LogP contribution in [-0.4, -0.2) is 14.8 Å². The van der Waals surface area contributed by atoms with Crippen LogP contribution in [0.4, 0.5) is 5.95 Å². The van der Waals surface area contributed by atoms with Crippen LogP contribution >= 0.6 is 11.3 Å². The van der Waals surface area contributed by atoms with Gasteiger partial charge in [-0.1, -0.05) is 6.07 Å². The van der Waals surface area contributed by atoms with Crippen LogP contribution < -0.4 is 5.32 Å². The molecule has 2 aromatic heterocycles. The van der Waals surface area contributed by atoms with Crippen LogP contribution in [0.1, 0.15) is 4.88 Å². The fraction of sp³-hybridized carbons (Fsp3) is 0.250. The Morgan fingerprint density at radius 1 is 1.62 bits per heavy atom. The lowest BCUT2D eigenvalue weighted by Crippen LogP contribution is -1.99. The third-order valence-electron chi connectivity index (χ3n) is 1.60. The highest BCUT2D eigenvalue weighted by molar-refractivity contribution is 7.09. The van der Waals surface area contributed by atoms with E-state index in [4.69, 9.17) is 0 Å². The van der Waals surface area contributed by atoms with Crippen molar-refractivity contribution in [3.05, 3.63) is 28.7 Å². The van der Waals surface area contributed by atoms with Gasteiger partial charge in [-0.05, 0) is 11.4 Å². The molecule has 0 aliphatic rings. The van der Waals surface area contributed by atoms with Gasteiger partial charge >= 0.3 is 0 Å². The third kappa shape index (κ3) is 2.06. The van der Waals surface area contributed by atoms with Crippen LogP contribution in [0.3, 0.4) is 0 Å². The van der Waals surface area contributed by atoms with Crippen molar-refractivity contribution >= 4 is 17.3 Å². The second-order valence-electron chi connectivity index (χ2n) is 2.67. The summed E-state index contributed by atoms with van der Waals surface area (Å²) in [5.74, 6) is 0.677. The lowest BCUT2D eigenvalue weighted by Gasteiger charge is -1.97. The number of hydrogen-bond acceptors (Lipinski definition) is 4. The number of hydrogen-bond donors (Lipinski definition) is 1. The van der Waals surface area contributed by atoms with Gasteiger partial charge in [0.2, 0.25) is 5.95 Å². The molecule has 68 valence electrons. The van der Waals surface area contributed by atoms with Crippen molar-refractivity contribution in [2.45, 2.75) is 6.54 Å². The van der Waals surface area contributed by atoms with Gasteiger partial charge in [0.15, 0.2) is 0 Å². The number of rotatable bonds is 3. The molecule has 0 saturated carbocycles. The van der Waals surface area contributed by atoms with Crippen molar-refractivity contribution < 1.29 is 0 Å². The monoisotopic (exact) mass is 194 g/mol. The summed E-state index contributed by atoms with van der Waals surface area (Å²) in [6.07, 6.45) is 1.68. The molecule has 0 fully saturated rings. The molecule has 2 aromatic rings. The SMILES string of the molecule is Cn1cnc(NCc2cccs2)n1. The molecular weight excluding hydrogens is 184 g/mol. The lowest BCUT2D eigenvalue weighted by molar-refractivity contribution is 0.766. The summed E-state index contributed by atoms with van der Waals surface area (Å²) in [7, 11) is 1.85. The van der Waals surface area contributed by atoms with Gasteiger partial charge in [-0.3, -0.25) is 4.68 Å². The van der Waals surface area contributed by atoms with Gasteiger partial charge in [0.1, 0.15) is 6.33 Å². The minimum atomic E-state index is 0.677. The summed E-state index contributed by atoms with van der Waals surface area (Å²) >= 11 is 1.72. The molecule has 0 unspecified atom stereocenters. The quantitative estimate of drug-likeness (QED) is 0.805. The van der Waals surface area contributed by atoms with Crippen LogP contribution in [0.25, 0.3) is 0 Å². The molecule has 0 spiro atoms. The molecule has 0 bridgehead atoms. The standard InChI is InChI=1S/C8H10N4S/c1-12-6-10-8(11-12)9-5-7-3-2-4-13-7/h2-4,6H,5H2,1H3,(H,9,11). The summed E-state index contributed by atoms with van der Waals surface area (Å²) in [6, 6.07) is 4.12. The van der Waals surface area contributed by atoms with Gasteiger partial charge in [0, 0.05) is 11.9 Å². The zero-order valence-corrected chi connectivity index (χ0v) is 8.08. The molecule has 2 rings (SSSR count). The number of nitrogens with one attached hydrogen (secondary N) is 1. The van der Waals surface area contributed by atoms with E-state index in [-0.39, 0.29) is 0 Å². The predicted molar refractivity (Wildman–Crippen MR) is 52.6 cm³/mol. The number of thiophene rings is 1. The van der Waals surface area contributed by atoms with Crippen LogP contribution in [0, 0.1) is 0 Å². The summed E-state index contributed by atoms with van der Waals surface area (Å²) < 4.78 is 1.68. The molecule has 0 amide bonds. The molecule has 0 aromatic carbocycles. The Balaban J connectivity index is 1.93. The zero-order chi connectivity index (χ0) is 9.10. The molecular formula is C8H10N4S. The van der Waals surface area contributed by atoms with E-state index in [0.29, 0.717) is 5.95 Å². The van der Waals surface area contributed by atoms with E-state index in [9.17, 15) is 0 Å². The van der Waals surface area contributed by atoms with Gasteiger partial charge in [0.25, 0.3) is 0 Å². The van der Waals surface area contributed by atoms with E-state index >= 15 is 0 Å². The van der Waals surface area contributed by atoms with Crippen LogP contribution in [0.5, 0.6) is 0 Å². The second-order valence-corrected chi connectivity index (χ2v) is 3.71. The van der Waals surface area contributed by atoms with Gasteiger partial charge in [-0.2, -0.15) is 0 Å². The molecule has 13 heavy (non-hydrogen) atoms. The van der Waals surface area contributed by atoms with E-state index in [2.05, 4.69) is 26.8 Å². The number of aryl methyl sites for hydroxylation is 1. The minimum Gasteiger partial charge on any atom is -0.348 e. The predicted octanol–water partition coefficient (Wildman–Crippen LogP) is 1.49. The second kappa shape index (κ2) is 3.57. The van der Waals surface area contributed by atoms with Crippen molar-refractivity contribution in [3.8, 4) is 0 Å². The fourth-order valence-corrected chi connectivity index (χ4v) is 1.64. The maximum atomic E-state index is 4.11. The van der Waals surface area contributed by atoms with E-state index in [1.807, 2.05) is 13.1 Å². The van der Waals surface area contributed by atoms with Gasteiger partial charge in [-0.25, -0.2) is 4.98 Å². The molecule has 5 heteroatoms. The summed E-state index contributed by atoms with van der Waals surface area (Å²) in [6.45, 7) is 0.793. The molecule has 2 heterocycles. The van der Waals surface area contributed by atoms with Crippen molar-refractivity contribution in [1.82, 2.24) is 14.8 Å². The van der Waals surface area contributed by atoms with Crippen LogP contribution in [-0.2, 0) is 13.6 Å². The highest BCUT2D eigenvalue weighted by Gasteiger charge is 1.97. The zero-order valence-electron chi connectivity index (χ0n) is 7.27. The van der Waals surface area contributed by atoms with E-state index in [1.165, 1.54) is 4.88 Å². The molecule has 0 aliphatic carbocycles. The first-order valence-electron chi connectivity index (χ1n) is 3.96. The Bertz CT molecular complexity index is 365. The Morgan fingerprint density at radius 3 is 3.15 bits per heavy atom. The average molecular weight is 194 g/mol. The minimum absolute atomic E-state index is 0.677. The summed E-state index contributed by atoms with van der Waals surface area (Å²) in [5, 5.41) is 9.30. The first-order valence-corrected chi connectivity index (χ1v) is 4.84. The molecule has 4 nitrogen and oxygen atoms in total. The molecule has 0 aliphatic heterocycles. The Kier molecular flexibility index (Phi) is 2.27. The van der Waals surface area contributed by atoms with Crippen molar-refractivity contribution in [3.63, 3.8) is 0 Å². The molecule has 0 radical (unpaired) electrons. The first-order chi connectivity index (χ1) is 6.34. The normalized spacial score (nSPS) is 10.2. The van der Waals surface area contributed by atoms with E-state index in [1.54, 1.807) is 22.3 Å². The Morgan fingerprint density at radius 2 is 2.54 bits per heavy atom. The number of nitrogens with zero attached hydrogens (tertiary/aromatic N) is 3. The molecule has 1 N–H and O–H groups in total. The first kappa shape index (κ1) is 8.25. The summed E-state index contributed by atoms with van der Waals surface area (Å²) in [4.78, 5) is 5.35. The third-order valence-corrected chi connectivity index (χ3v) is 2.48. The highest BCUT2D eigenvalue weighted by Crippen LogP contribution is 2.09. The van der Waals surface area contributed by atoms with Gasteiger partial charge in [0.05, 0.1) is 6.54 Å². The van der Waals surface area contributed by atoms with Crippen molar-refractivity contribution in [2.75, 3.05) is 5.32 Å². The van der Waals surface area contributed by atoms with E-state index < -0.39 is 0 Å². The Hall–Kier alpha value is -1.36. The maximum absolute atomic E-state index is 4.11. The largest absolute Gasteiger partial charge is 0.348 e. The summed E-state index contributed by atoms with van der Waals surface area (Å²) in [5.41, 5.74) is 0.